The molecular formula is C15H21N3O. The fraction of sp³-hybridized carbons (Fsp3) is 0.400. The van der Waals surface area contributed by atoms with Gasteiger partial charge in [0.2, 0.25) is 0 Å². The summed E-state index contributed by atoms with van der Waals surface area (Å²) >= 11 is 0. The normalized spacial score (nSPS) is 11.2. The van der Waals surface area contributed by atoms with Crippen LogP contribution < -0.4 is 5.32 Å². The molecule has 0 radical (unpaired) electrons. The molecule has 0 saturated heterocycles. The van der Waals surface area contributed by atoms with Gasteiger partial charge in [0.1, 0.15) is 0 Å². The summed E-state index contributed by atoms with van der Waals surface area (Å²) in [5, 5.41) is 16.9. The van der Waals surface area contributed by atoms with Gasteiger partial charge in [-0.25, -0.2) is 0 Å². The molecule has 0 saturated carbocycles. The molecule has 1 aromatic heterocycles. The Morgan fingerprint density at radius 1 is 1.26 bits per heavy atom. The lowest BCUT2D eigenvalue weighted by atomic mass is 10.1. The lowest BCUT2D eigenvalue weighted by molar-refractivity contribution is 0.270. The molecule has 0 atom stereocenters. The van der Waals surface area contributed by atoms with Crippen LogP contribution in [0.15, 0.2) is 36.5 Å². The average Bonchev–Trinajstić information content (AvgIpc) is 2.81. The van der Waals surface area contributed by atoms with Gasteiger partial charge in [-0.05, 0) is 0 Å². The summed E-state index contributed by atoms with van der Waals surface area (Å²) in [7, 11) is 0. The molecule has 0 unspecified atom stereocenters. The van der Waals surface area contributed by atoms with Crippen molar-refractivity contribution < 1.29 is 5.11 Å². The predicted molar refractivity (Wildman–Crippen MR) is 76.7 cm³/mol. The van der Waals surface area contributed by atoms with Crippen molar-refractivity contribution in [3.63, 3.8) is 0 Å². The second-order valence-corrected chi connectivity index (χ2v) is 4.87. The predicted octanol–water partition coefficient (Wildman–Crippen LogP) is 2.04. The maximum atomic E-state index is 9.14. The standard InChI is InChI=1S/C15H21N3O/c1-12(2)16-10-14-11-17-18(8-9-19)15(14)13-6-4-3-5-7-13/h3-7,11-12,16,19H,8-10H2,1-2H3. The molecule has 0 fully saturated rings. The van der Waals surface area contributed by atoms with E-state index in [0.717, 1.165) is 23.4 Å². The quantitative estimate of drug-likeness (QED) is 0.834. The minimum absolute atomic E-state index is 0.0958. The molecule has 0 amide bonds. The number of rotatable bonds is 6. The summed E-state index contributed by atoms with van der Waals surface area (Å²) in [4.78, 5) is 0. The molecule has 0 spiro atoms. The third-order valence-electron chi connectivity index (χ3n) is 2.98. The molecule has 0 aliphatic rings. The third-order valence-corrected chi connectivity index (χ3v) is 2.98. The fourth-order valence-electron chi connectivity index (χ4n) is 2.06. The van der Waals surface area contributed by atoms with Crippen molar-refractivity contribution in [3.8, 4) is 11.3 Å². The van der Waals surface area contributed by atoms with E-state index in [0.29, 0.717) is 12.6 Å². The van der Waals surface area contributed by atoms with E-state index in [-0.39, 0.29) is 6.61 Å². The van der Waals surface area contributed by atoms with Crippen LogP contribution in [0.25, 0.3) is 11.3 Å². The summed E-state index contributed by atoms with van der Waals surface area (Å²) in [6, 6.07) is 10.6. The first kappa shape index (κ1) is 13.8. The minimum atomic E-state index is 0.0958. The zero-order valence-electron chi connectivity index (χ0n) is 11.5. The lowest BCUT2D eigenvalue weighted by Gasteiger charge is -2.11. The van der Waals surface area contributed by atoms with Crippen LogP contribution in [0.1, 0.15) is 19.4 Å². The van der Waals surface area contributed by atoms with Gasteiger partial charge < -0.3 is 10.4 Å². The van der Waals surface area contributed by atoms with E-state index >= 15 is 0 Å². The number of hydrogen-bond donors (Lipinski definition) is 2. The monoisotopic (exact) mass is 259 g/mol. The summed E-state index contributed by atoms with van der Waals surface area (Å²) in [6.45, 7) is 5.65. The number of nitrogens with one attached hydrogen (secondary N) is 1. The summed E-state index contributed by atoms with van der Waals surface area (Å²) in [6.07, 6.45) is 1.88. The van der Waals surface area contributed by atoms with Gasteiger partial charge in [0.05, 0.1) is 25.0 Å². The molecule has 0 aliphatic carbocycles. The smallest absolute Gasteiger partial charge is 0.0728 e. The first-order valence-electron chi connectivity index (χ1n) is 6.66. The Labute approximate surface area is 114 Å². The summed E-state index contributed by atoms with van der Waals surface area (Å²) in [5.74, 6) is 0. The van der Waals surface area contributed by atoms with Gasteiger partial charge in [0, 0.05) is 23.7 Å². The van der Waals surface area contributed by atoms with E-state index in [1.807, 2.05) is 29.1 Å². The molecule has 2 rings (SSSR count). The van der Waals surface area contributed by atoms with Crippen LogP contribution in [0.2, 0.25) is 0 Å². The van der Waals surface area contributed by atoms with Crippen molar-refractivity contribution >= 4 is 0 Å². The highest BCUT2D eigenvalue weighted by Gasteiger charge is 2.12. The maximum Gasteiger partial charge on any atom is 0.0728 e. The first-order valence-corrected chi connectivity index (χ1v) is 6.66. The first-order chi connectivity index (χ1) is 9.22. The van der Waals surface area contributed by atoms with Crippen LogP contribution in [0, 0.1) is 0 Å². The van der Waals surface area contributed by atoms with Crippen LogP contribution in [-0.4, -0.2) is 27.5 Å². The fourth-order valence-corrected chi connectivity index (χ4v) is 2.06. The average molecular weight is 259 g/mol. The van der Waals surface area contributed by atoms with E-state index in [2.05, 4.69) is 36.4 Å². The Kier molecular flexibility index (Phi) is 4.71. The van der Waals surface area contributed by atoms with Gasteiger partial charge >= 0.3 is 0 Å². The molecule has 19 heavy (non-hydrogen) atoms. The van der Waals surface area contributed by atoms with Crippen molar-refractivity contribution in [1.82, 2.24) is 15.1 Å². The summed E-state index contributed by atoms with van der Waals surface area (Å²) in [5.41, 5.74) is 3.38. The number of aliphatic hydroxyl groups excluding tert-OH is 1. The molecule has 1 aromatic carbocycles. The summed E-state index contributed by atoms with van der Waals surface area (Å²) < 4.78 is 1.87. The van der Waals surface area contributed by atoms with Gasteiger partial charge in [-0.2, -0.15) is 5.10 Å². The SMILES string of the molecule is CC(C)NCc1cnn(CCO)c1-c1ccccc1. The lowest BCUT2D eigenvalue weighted by Crippen LogP contribution is -2.22. The Bertz CT molecular complexity index is 505. The van der Waals surface area contributed by atoms with Crippen molar-refractivity contribution in [2.75, 3.05) is 6.61 Å². The molecular weight excluding hydrogens is 238 g/mol. The highest BCUT2D eigenvalue weighted by atomic mass is 16.3. The van der Waals surface area contributed by atoms with E-state index in [1.165, 1.54) is 0 Å². The largest absolute Gasteiger partial charge is 0.394 e. The topological polar surface area (TPSA) is 50.1 Å². The zero-order valence-corrected chi connectivity index (χ0v) is 11.5. The third kappa shape index (κ3) is 3.43. The van der Waals surface area contributed by atoms with Gasteiger partial charge in [-0.1, -0.05) is 44.2 Å². The molecule has 0 bridgehead atoms. The molecule has 1 heterocycles. The zero-order chi connectivity index (χ0) is 13.7. The number of aliphatic hydroxyl groups is 1. The highest BCUT2D eigenvalue weighted by Crippen LogP contribution is 2.23. The van der Waals surface area contributed by atoms with Gasteiger partial charge in [0.15, 0.2) is 0 Å². The van der Waals surface area contributed by atoms with Crippen molar-refractivity contribution in [2.45, 2.75) is 33.0 Å². The Hall–Kier alpha value is -1.65. The van der Waals surface area contributed by atoms with Crippen LogP contribution in [0.5, 0.6) is 0 Å². The number of nitrogens with zero attached hydrogens (tertiary/aromatic N) is 2. The molecule has 2 N–H and O–H groups in total. The van der Waals surface area contributed by atoms with E-state index in [9.17, 15) is 0 Å². The van der Waals surface area contributed by atoms with Gasteiger partial charge in [0.25, 0.3) is 0 Å². The second-order valence-electron chi connectivity index (χ2n) is 4.87. The van der Waals surface area contributed by atoms with Crippen LogP contribution in [0.3, 0.4) is 0 Å². The number of benzene rings is 1. The van der Waals surface area contributed by atoms with E-state index < -0.39 is 0 Å². The second kappa shape index (κ2) is 6.50. The Balaban J connectivity index is 2.33. The highest BCUT2D eigenvalue weighted by molar-refractivity contribution is 5.63. The molecule has 0 aliphatic heterocycles. The Morgan fingerprint density at radius 3 is 2.63 bits per heavy atom. The van der Waals surface area contributed by atoms with E-state index in [1.54, 1.807) is 0 Å². The Morgan fingerprint density at radius 2 is 2.00 bits per heavy atom. The van der Waals surface area contributed by atoms with Crippen LogP contribution >= 0.6 is 0 Å². The van der Waals surface area contributed by atoms with E-state index in [4.69, 9.17) is 5.11 Å². The van der Waals surface area contributed by atoms with Crippen LogP contribution in [0.4, 0.5) is 0 Å². The van der Waals surface area contributed by atoms with Gasteiger partial charge in [-0.3, -0.25) is 4.68 Å². The van der Waals surface area contributed by atoms with Crippen molar-refractivity contribution in [1.29, 1.82) is 0 Å². The molecule has 4 heteroatoms. The maximum absolute atomic E-state index is 9.14. The van der Waals surface area contributed by atoms with Gasteiger partial charge in [-0.15, -0.1) is 0 Å². The minimum Gasteiger partial charge on any atom is -0.394 e. The molecule has 4 nitrogen and oxygen atoms in total. The van der Waals surface area contributed by atoms with Crippen molar-refractivity contribution in [3.05, 3.63) is 42.1 Å². The molecule has 2 aromatic rings. The number of hydrogen-bond acceptors (Lipinski definition) is 3. The number of aromatic nitrogens is 2. The molecule has 102 valence electrons. The van der Waals surface area contributed by atoms with Crippen molar-refractivity contribution in [2.24, 2.45) is 0 Å². The van der Waals surface area contributed by atoms with Crippen LogP contribution in [-0.2, 0) is 13.1 Å².